The average Bonchev–Trinajstić information content (AvgIpc) is 2.38. The monoisotopic (exact) mass is 403 g/mol. The fourth-order valence-corrected chi connectivity index (χ4v) is 2.92. The minimum atomic E-state index is 0.672. The number of nitrogens with one attached hydrogen (secondary N) is 1. The van der Waals surface area contributed by atoms with Gasteiger partial charge in [-0.05, 0) is 51.8 Å². The molecule has 0 saturated heterocycles. The van der Waals surface area contributed by atoms with Crippen LogP contribution >= 0.6 is 43.5 Å². The van der Waals surface area contributed by atoms with Crippen LogP contribution in [0.1, 0.15) is 5.56 Å². The van der Waals surface area contributed by atoms with Gasteiger partial charge in [-0.25, -0.2) is 0 Å². The third-order valence-corrected chi connectivity index (χ3v) is 4.11. The average molecular weight is 406 g/mol. The van der Waals surface area contributed by atoms with Gasteiger partial charge in [-0.1, -0.05) is 33.6 Å². The molecule has 100 valence electrons. The molecule has 1 N–H and O–H groups in total. The first kappa shape index (κ1) is 14.7. The van der Waals surface area contributed by atoms with Gasteiger partial charge in [0.1, 0.15) is 5.75 Å². The van der Waals surface area contributed by atoms with Crippen molar-refractivity contribution in [3.05, 3.63) is 55.9 Å². The summed E-state index contributed by atoms with van der Waals surface area (Å²) < 4.78 is 7.09. The van der Waals surface area contributed by atoms with Gasteiger partial charge in [-0.2, -0.15) is 0 Å². The van der Waals surface area contributed by atoms with Gasteiger partial charge in [0.15, 0.2) is 0 Å². The molecule has 0 unspecified atom stereocenters. The predicted octanol–water partition coefficient (Wildman–Crippen LogP) is 5.49. The number of methoxy groups -OCH3 is 1. The van der Waals surface area contributed by atoms with Crippen LogP contribution in [0.15, 0.2) is 45.3 Å². The summed E-state index contributed by atoms with van der Waals surface area (Å²) in [4.78, 5) is 0. The summed E-state index contributed by atoms with van der Waals surface area (Å²) in [6.07, 6.45) is 0. The highest BCUT2D eigenvalue weighted by Crippen LogP contribution is 2.28. The third kappa shape index (κ3) is 3.88. The molecule has 0 aliphatic rings. The van der Waals surface area contributed by atoms with Crippen molar-refractivity contribution in [3.8, 4) is 5.75 Å². The molecule has 0 aliphatic heterocycles. The predicted molar refractivity (Wildman–Crippen MR) is 87.2 cm³/mol. The lowest BCUT2D eigenvalue weighted by Crippen LogP contribution is -2.00. The Hall–Kier alpha value is -0.710. The molecule has 0 saturated carbocycles. The van der Waals surface area contributed by atoms with Gasteiger partial charge in [-0.3, -0.25) is 0 Å². The second kappa shape index (κ2) is 6.64. The van der Waals surface area contributed by atoms with Gasteiger partial charge in [0, 0.05) is 21.7 Å². The smallest absolute Gasteiger partial charge is 0.133 e. The van der Waals surface area contributed by atoms with Crippen LogP contribution in [0.2, 0.25) is 5.02 Å². The van der Waals surface area contributed by atoms with Crippen molar-refractivity contribution in [2.45, 2.75) is 6.54 Å². The highest BCUT2D eigenvalue weighted by molar-refractivity contribution is 9.10. The molecule has 0 atom stereocenters. The van der Waals surface area contributed by atoms with Crippen LogP contribution in [0, 0.1) is 0 Å². The quantitative estimate of drug-likeness (QED) is 0.727. The Balaban J connectivity index is 2.08. The van der Waals surface area contributed by atoms with Crippen molar-refractivity contribution in [1.82, 2.24) is 0 Å². The molecule has 0 radical (unpaired) electrons. The molecular formula is C14H12Br2ClNO. The van der Waals surface area contributed by atoms with E-state index in [0.29, 0.717) is 6.54 Å². The maximum atomic E-state index is 6.18. The molecule has 2 aromatic rings. The van der Waals surface area contributed by atoms with Crippen molar-refractivity contribution in [2.24, 2.45) is 0 Å². The van der Waals surface area contributed by atoms with Crippen LogP contribution in [0.3, 0.4) is 0 Å². The Morgan fingerprint density at radius 2 is 1.95 bits per heavy atom. The van der Waals surface area contributed by atoms with Crippen LogP contribution in [-0.2, 0) is 6.54 Å². The van der Waals surface area contributed by atoms with Crippen LogP contribution in [0.4, 0.5) is 5.69 Å². The Morgan fingerprint density at radius 3 is 2.58 bits per heavy atom. The molecule has 0 amide bonds. The lowest BCUT2D eigenvalue weighted by atomic mass is 10.2. The lowest BCUT2D eigenvalue weighted by molar-refractivity contribution is 0.412. The summed E-state index contributed by atoms with van der Waals surface area (Å²) >= 11 is 13.0. The van der Waals surface area contributed by atoms with E-state index in [1.807, 2.05) is 36.4 Å². The number of anilines is 1. The molecule has 19 heavy (non-hydrogen) atoms. The van der Waals surface area contributed by atoms with Crippen molar-refractivity contribution >= 4 is 49.1 Å². The maximum absolute atomic E-state index is 6.18. The molecule has 2 rings (SSSR count). The molecule has 2 aromatic carbocycles. The van der Waals surface area contributed by atoms with Crippen molar-refractivity contribution in [2.75, 3.05) is 12.4 Å². The van der Waals surface area contributed by atoms with Gasteiger partial charge < -0.3 is 10.1 Å². The van der Waals surface area contributed by atoms with E-state index in [1.54, 1.807) is 7.11 Å². The fourth-order valence-electron chi connectivity index (χ4n) is 1.64. The summed E-state index contributed by atoms with van der Waals surface area (Å²) in [5.74, 6) is 0.812. The molecular weight excluding hydrogens is 393 g/mol. The van der Waals surface area contributed by atoms with Gasteiger partial charge in [0.05, 0.1) is 11.6 Å². The number of benzene rings is 2. The highest BCUT2D eigenvalue weighted by Gasteiger charge is 2.03. The van der Waals surface area contributed by atoms with Crippen LogP contribution in [0.5, 0.6) is 5.75 Å². The van der Waals surface area contributed by atoms with Gasteiger partial charge in [-0.15, -0.1) is 0 Å². The Labute approximate surface area is 134 Å². The zero-order valence-electron chi connectivity index (χ0n) is 10.2. The minimum absolute atomic E-state index is 0.672. The summed E-state index contributed by atoms with van der Waals surface area (Å²) in [6.45, 7) is 0.672. The zero-order valence-corrected chi connectivity index (χ0v) is 14.1. The van der Waals surface area contributed by atoms with Gasteiger partial charge in [0.25, 0.3) is 0 Å². The molecule has 0 bridgehead atoms. The number of halogens is 3. The number of ether oxygens (including phenoxy) is 1. The van der Waals surface area contributed by atoms with E-state index in [2.05, 4.69) is 37.2 Å². The SMILES string of the molecule is COc1ccc(NCc2ccc(Br)cc2Cl)cc1Br. The van der Waals surface area contributed by atoms with E-state index in [9.17, 15) is 0 Å². The summed E-state index contributed by atoms with van der Waals surface area (Å²) in [7, 11) is 1.65. The van der Waals surface area contributed by atoms with E-state index in [1.165, 1.54) is 0 Å². The van der Waals surface area contributed by atoms with E-state index in [0.717, 1.165) is 31.0 Å². The molecule has 0 aromatic heterocycles. The number of hydrogen-bond acceptors (Lipinski definition) is 2. The zero-order chi connectivity index (χ0) is 13.8. The summed E-state index contributed by atoms with van der Waals surface area (Å²) in [6, 6.07) is 11.7. The maximum Gasteiger partial charge on any atom is 0.133 e. The van der Waals surface area contributed by atoms with E-state index in [4.69, 9.17) is 16.3 Å². The van der Waals surface area contributed by atoms with Crippen LogP contribution in [0.25, 0.3) is 0 Å². The lowest BCUT2D eigenvalue weighted by Gasteiger charge is -2.10. The second-order valence-corrected chi connectivity index (χ2v) is 6.12. The molecule has 0 fully saturated rings. The van der Waals surface area contributed by atoms with Gasteiger partial charge in [0.2, 0.25) is 0 Å². The van der Waals surface area contributed by atoms with Gasteiger partial charge >= 0.3 is 0 Å². The Bertz CT molecular complexity index is 590. The third-order valence-electron chi connectivity index (χ3n) is 2.65. The highest BCUT2D eigenvalue weighted by atomic mass is 79.9. The van der Waals surface area contributed by atoms with Crippen molar-refractivity contribution in [1.29, 1.82) is 0 Å². The standard InChI is InChI=1S/C14H12Br2ClNO/c1-19-14-5-4-11(7-12(14)16)18-8-9-2-3-10(15)6-13(9)17/h2-7,18H,8H2,1H3. The Kier molecular flexibility index (Phi) is 5.13. The van der Waals surface area contributed by atoms with E-state index in [-0.39, 0.29) is 0 Å². The fraction of sp³-hybridized carbons (Fsp3) is 0.143. The van der Waals surface area contributed by atoms with E-state index >= 15 is 0 Å². The molecule has 0 heterocycles. The second-order valence-electron chi connectivity index (χ2n) is 3.94. The first-order chi connectivity index (χ1) is 9.10. The molecule has 5 heteroatoms. The molecule has 0 aliphatic carbocycles. The first-order valence-electron chi connectivity index (χ1n) is 5.61. The Morgan fingerprint density at radius 1 is 1.16 bits per heavy atom. The van der Waals surface area contributed by atoms with Crippen molar-refractivity contribution < 1.29 is 4.74 Å². The molecule has 0 spiro atoms. The largest absolute Gasteiger partial charge is 0.496 e. The first-order valence-corrected chi connectivity index (χ1v) is 7.58. The van der Waals surface area contributed by atoms with Crippen LogP contribution in [-0.4, -0.2) is 7.11 Å². The minimum Gasteiger partial charge on any atom is -0.496 e. The van der Waals surface area contributed by atoms with E-state index < -0.39 is 0 Å². The van der Waals surface area contributed by atoms with Crippen LogP contribution < -0.4 is 10.1 Å². The molecule has 2 nitrogen and oxygen atoms in total. The van der Waals surface area contributed by atoms with Crippen molar-refractivity contribution in [3.63, 3.8) is 0 Å². The normalized spacial score (nSPS) is 10.3. The topological polar surface area (TPSA) is 21.3 Å². The summed E-state index contributed by atoms with van der Waals surface area (Å²) in [5.41, 5.74) is 2.06. The summed E-state index contributed by atoms with van der Waals surface area (Å²) in [5, 5.41) is 4.07. The number of rotatable bonds is 4. The number of hydrogen-bond donors (Lipinski definition) is 1.